The molecule has 3 aromatic rings. The van der Waals surface area contributed by atoms with Gasteiger partial charge in [0.15, 0.2) is 5.82 Å². The summed E-state index contributed by atoms with van der Waals surface area (Å²) in [4.78, 5) is 12.5. The van der Waals surface area contributed by atoms with Crippen LogP contribution >= 0.6 is 0 Å². The van der Waals surface area contributed by atoms with Crippen molar-refractivity contribution in [3.05, 3.63) is 59.8 Å². The van der Waals surface area contributed by atoms with E-state index in [0.717, 1.165) is 16.6 Å². The molecule has 0 aliphatic heterocycles. The van der Waals surface area contributed by atoms with Gasteiger partial charge in [-0.2, -0.15) is 0 Å². The van der Waals surface area contributed by atoms with Gasteiger partial charge in [-0.05, 0) is 12.1 Å². The number of benzene rings is 1. The fraction of sp³-hybridized carbons (Fsp3) is 0.133. The summed E-state index contributed by atoms with van der Waals surface area (Å²) in [5, 5.41) is 3.87. The third kappa shape index (κ3) is 2.42. The van der Waals surface area contributed by atoms with E-state index in [0.29, 0.717) is 18.1 Å². The number of hydrogen-bond acceptors (Lipinski definition) is 4. The quantitative estimate of drug-likeness (QED) is 0.793. The molecule has 0 amide bonds. The van der Waals surface area contributed by atoms with Crippen molar-refractivity contribution in [3.8, 4) is 0 Å². The SMILES string of the molecule is CNc1ncc(F)c(Cc2ccc3ccccc3n2)n1. The van der Waals surface area contributed by atoms with E-state index in [1.54, 1.807) is 7.05 Å². The van der Waals surface area contributed by atoms with E-state index in [1.165, 1.54) is 6.20 Å². The standard InChI is InChI=1S/C15H13FN4/c1-17-15-18-9-12(16)14(20-15)8-11-7-6-10-4-2-3-5-13(10)19-11/h2-7,9H,8H2,1H3,(H,17,18,20). The lowest BCUT2D eigenvalue weighted by Gasteiger charge is -2.05. The van der Waals surface area contributed by atoms with Crippen molar-refractivity contribution in [1.29, 1.82) is 0 Å². The number of aromatic nitrogens is 3. The third-order valence-corrected chi connectivity index (χ3v) is 3.04. The number of pyridine rings is 1. The predicted molar refractivity (Wildman–Crippen MR) is 76.1 cm³/mol. The molecule has 2 heterocycles. The van der Waals surface area contributed by atoms with Gasteiger partial charge in [0, 0.05) is 24.5 Å². The normalized spacial score (nSPS) is 10.7. The van der Waals surface area contributed by atoms with E-state index in [1.807, 2.05) is 36.4 Å². The van der Waals surface area contributed by atoms with Crippen LogP contribution < -0.4 is 5.32 Å². The summed E-state index contributed by atoms with van der Waals surface area (Å²) in [7, 11) is 1.70. The number of nitrogens with one attached hydrogen (secondary N) is 1. The molecule has 0 fully saturated rings. The van der Waals surface area contributed by atoms with Crippen LogP contribution in [-0.4, -0.2) is 22.0 Å². The summed E-state index contributed by atoms with van der Waals surface area (Å²) in [5.74, 6) is -0.0128. The molecular formula is C15H13FN4. The minimum Gasteiger partial charge on any atom is -0.357 e. The first kappa shape index (κ1) is 12.5. The zero-order chi connectivity index (χ0) is 13.9. The Morgan fingerprint density at radius 2 is 1.95 bits per heavy atom. The fourth-order valence-corrected chi connectivity index (χ4v) is 2.03. The Hall–Kier alpha value is -2.56. The Labute approximate surface area is 115 Å². The molecule has 0 spiro atoms. The van der Waals surface area contributed by atoms with Crippen LogP contribution in [-0.2, 0) is 6.42 Å². The summed E-state index contributed by atoms with van der Waals surface area (Å²) >= 11 is 0. The molecule has 1 N–H and O–H groups in total. The van der Waals surface area contributed by atoms with E-state index in [-0.39, 0.29) is 0 Å². The maximum Gasteiger partial charge on any atom is 0.222 e. The number of nitrogens with zero attached hydrogens (tertiary/aromatic N) is 3. The van der Waals surface area contributed by atoms with Crippen molar-refractivity contribution in [2.45, 2.75) is 6.42 Å². The van der Waals surface area contributed by atoms with Crippen molar-refractivity contribution in [3.63, 3.8) is 0 Å². The molecule has 0 unspecified atom stereocenters. The minimum atomic E-state index is -0.418. The van der Waals surface area contributed by atoms with Gasteiger partial charge in [0.1, 0.15) is 0 Å². The average Bonchev–Trinajstić information content (AvgIpc) is 2.49. The first-order chi connectivity index (χ1) is 9.76. The topological polar surface area (TPSA) is 50.7 Å². The van der Waals surface area contributed by atoms with Gasteiger partial charge >= 0.3 is 0 Å². The summed E-state index contributed by atoms with van der Waals surface area (Å²) in [5.41, 5.74) is 2.02. The van der Waals surface area contributed by atoms with Crippen LogP contribution in [0, 0.1) is 5.82 Å². The van der Waals surface area contributed by atoms with Gasteiger partial charge in [0.2, 0.25) is 5.95 Å². The average molecular weight is 268 g/mol. The van der Waals surface area contributed by atoms with Gasteiger partial charge in [-0.3, -0.25) is 4.98 Å². The summed E-state index contributed by atoms with van der Waals surface area (Å²) in [6.07, 6.45) is 1.52. The zero-order valence-corrected chi connectivity index (χ0v) is 11.0. The van der Waals surface area contributed by atoms with Crippen LogP contribution in [0.3, 0.4) is 0 Å². The molecule has 3 rings (SSSR count). The molecular weight excluding hydrogens is 255 g/mol. The molecule has 2 aromatic heterocycles. The van der Waals surface area contributed by atoms with Gasteiger partial charge in [0.05, 0.1) is 17.4 Å². The van der Waals surface area contributed by atoms with Crippen LogP contribution in [0.15, 0.2) is 42.6 Å². The lowest BCUT2D eigenvalue weighted by atomic mass is 10.1. The molecule has 0 saturated carbocycles. The van der Waals surface area contributed by atoms with Gasteiger partial charge in [0.25, 0.3) is 0 Å². The summed E-state index contributed by atoms with van der Waals surface area (Å²) in [6, 6.07) is 11.7. The molecule has 20 heavy (non-hydrogen) atoms. The van der Waals surface area contributed by atoms with Gasteiger partial charge in [-0.1, -0.05) is 24.3 Å². The Kier molecular flexibility index (Phi) is 3.25. The minimum absolute atomic E-state index is 0.340. The molecule has 100 valence electrons. The molecule has 4 nitrogen and oxygen atoms in total. The van der Waals surface area contributed by atoms with Crippen LogP contribution in [0.25, 0.3) is 10.9 Å². The number of anilines is 1. The van der Waals surface area contributed by atoms with E-state index in [2.05, 4.69) is 20.3 Å². The highest BCUT2D eigenvalue weighted by Gasteiger charge is 2.08. The number of halogens is 1. The highest BCUT2D eigenvalue weighted by atomic mass is 19.1. The highest BCUT2D eigenvalue weighted by molar-refractivity contribution is 5.78. The highest BCUT2D eigenvalue weighted by Crippen LogP contribution is 2.15. The predicted octanol–water partition coefficient (Wildman–Crippen LogP) is 2.80. The molecule has 1 aromatic carbocycles. The second kappa shape index (κ2) is 5.21. The molecule has 5 heteroatoms. The van der Waals surface area contributed by atoms with E-state index in [9.17, 15) is 4.39 Å². The Morgan fingerprint density at radius 3 is 2.80 bits per heavy atom. The maximum atomic E-state index is 13.7. The summed E-state index contributed by atoms with van der Waals surface area (Å²) < 4.78 is 13.7. The fourth-order valence-electron chi connectivity index (χ4n) is 2.03. The third-order valence-electron chi connectivity index (χ3n) is 3.04. The molecule has 0 bridgehead atoms. The zero-order valence-electron chi connectivity index (χ0n) is 11.0. The van der Waals surface area contributed by atoms with Crippen molar-refractivity contribution in [1.82, 2.24) is 15.0 Å². The van der Waals surface area contributed by atoms with Crippen LogP contribution in [0.5, 0.6) is 0 Å². The molecule has 0 atom stereocenters. The van der Waals surface area contributed by atoms with Crippen molar-refractivity contribution in [2.75, 3.05) is 12.4 Å². The molecule has 0 aliphatic rings. The number of rotatable bonds is 3. The Balaban J connectivity index is 1.96. The molecule has 0 radical (unpaired) electrons. The second-order valence-electron chi connectivity index (χ2n) is 4.41. The first-order valence-electron chi connectivity index (χ1n) is 6.30. The van der Waals surface area contributed by atoms with Gasteiger partial charge < -0.3 is 5.32 Å². The Bertz CT molecular complexity index is 758. The number of fused-ring (bicyclic) bond motifs is 1. The van der Waals surface area contributed by atoms with E-state index >= 15 is 0 Å². The van der Waals surface area contributed by atoms with E-state index in [4.69, 9.17) is 0 Å². The number of para-hydroxylation sites is 1. The Morgan fingerprint density at radius 1 is 1.10 bits per heavy atom. The maximum absolute atomic E-state index is 13.7. The lowest BCUT2D eigenvalue weighted by molar-refractivity contribution is 0.596. The van der Waals surface area contributed by atoms with E-state index < -0.39 is 5.82 Å². The summed E-state index contributed by atoms with van der Waals surface area (Å²) in [6.45, 7) is 0. The van der Waals surface area contributed by atoms with Crippen molar-refractivity contribution < 1.29 is 4.39 Å². The largest absolute Gasteiger partial charge is 0.357 e. The van der Waals surface area contributed by atoms with Crippen molar-refractivity contribution in [2.24, 2.45) is 0 Å². The lowest BCUT2D eigenvalue weighted by Crippen LogP contribution is -2.04. The van der Waals surface area contributed by atoms with Crippen LogP contribution in [0.4, 0.5) is 10.3 Å². The van der Waals surface area contributed by atoms with Crippen molar-refractivity contribution >= 4 is 16.9 Å². The first-order valence-corrected chi connectivity index (χ1v) is 6.30. The monoisotopic (exact) mass is 268 g/mol. The smallest absolute Gasteiger partial charge is 0.222 e. The van der Waals surface area contributed by atoms with Gasteiger partial charge in [-0.15, -0.1) is 0 Å². The molecule has 0 saturated heterocycles. The van der Waals surface area contributed by atoms with Crippen LogP contribution in [0.1, 0.15) is 11.4 Å². The van der Waals surface area contributed by atoms with Gasteiger partial charge in [-0.25, -0.2) is 14.4 Å². The number of hydrogen-bond donors (Lipinski definition) is 1. The van der Waals surface area contributed by atoms with Crippen LogP contribution in [0.2, 0.25) is 0 Å². The molecule has 0 aliphatic carbocycles. The second-order valence-corrected chi connectivity index (χ2v) is 4.41.